The molecule has 2 aliphatic rings. The van der Waals surface area contributed by atoms with Gasteiger partial charge in [-0.05, 0) is 42.0 Å². The lowest BCUT2D eigenvalue weighted by atomic mass is 9.77. The summed E-state index contributed by atoms with van der Waals surface area (Å²) in [5, 5.41) is 0.110. The lowest BCUT2D eigenvalue weighted by Crippen LogP contribution is -2.52. The first kappa shape index (κ1) is 20.7. The van der Waals surface area contributed by atoms with Gasteiger partial charge in [-0.2, -0.15) is 0 Å². The van der Waals surface area contributed by atoms with Gasteiger partial charge in [0.15, 0.2) is 11.6 Å². The SMILES string of the molecule is CN1C(N)=N[C@@]2(CCCc3ccc(CC(=O)c4ncc(Cl)cc4F)cc32)CS1(=O)=O. The summed E-state index contributed by atoms with van der Waals surface area (Å²) in [4.78, 5) is 20.9. The van der Waals surface area contributed by atoms with E-state index in [1.807, 2.05) is 6.07 Å². The number of hydrogen-bond donors (Lipinski definition) is 1. The molecule has 30 heavy (non-hydrogen) atoms. The zero-order valence-corrected chi connectivity index (χ0v) is 17.8. The van der Waals surface area contributed by atoms with Crippen molar-refractivity contribution in [2.24, 2.45) is 10.7 Å². The Kier molecular flexibility index (Phi) is 5.06. The Morgan fingerprint density at radius 2 is 2.13 bits per heavy atom. The molecule has 0 saturated heterocycles. The zero-order valence-electron chi connectivity index (χ0n) is 16.2. The number of Topliss-reactive ketones (excluding diaryl/α,β-unsaturated/α-hetero) is 1. The molecule has 7 nitrogen and oxygen atoms in total. The molecule has 1 aromatic heterocycles. The van der Waals surface area contributed by atoms with Crippen molar-refractivity contribution >= 4 is 33.4 Å². The van der Waals surface area contributed by atoms with Gasteiger partial charge in [0, 0.05) is 19.7 Å². The third-order valence-corrected chi connectivity index (χ3v) is 7.71. The van der Waals surface area contributed by atoms with Gasteiger partial charge in [-0.1, -0.05) is 29.8 Å². The third-order valence-electron chi connectivity index (χ3n) is 5.64. The Hall–Kier alpha value is -2.52. The van der Waals surface area contributed by atoms with Crippen LogP contribution in [0.4, 0.5) is 4.39 Å². The maximum atomic E-state index is 14.1. The van der Waals surface area contributed by atoms with Crippen LogP contribution in [0.15, 0.2) is 35.5 Å². The molecule has 2 N–H and O–H groups in total. The number of sulfonamides is 1. The van der Waals surface area contributed by atoms with Gasteiger partial charge in [0.2, 0.25) is 16.0 Å². The summed E-state index contributed by atoms with van der Waals surface area (Å²) in [5.41, 5.74) is 7.02. The highest BCUT2D eigenvalue weighted by atomic mass is 35.5. The van der Waals surface area contributed by atoms with Gasteiger partial charge in [0.1, 0.15) is 11.2 Å². The molecule has 1 aliphatic carbocycles. The first-order chi connectivity index (χ1) is 14.1. The standard InChI is InChI=1S/C20H20ClFN4O3S/c1-26-19(23)25-20(11-30(26,28)29)6-2-3-13-5-4-12(7-15(13)20)8-17(27)18-16(22)9-14(21)10-24-18/h4-5,7,9-10H,2-3,6,8,11H2,1H3,(H2,23,25)/t20-/m0/s1. The molecule has 1 atom stereocenters. The number of pyridine rings is 1. The molecule has 0 fully saturated rings. The van der Waals surface area contributed by atoms with E-state index in [1.165, 1.54) is 13.2 Å². The van der Waals surface area contributed by atoms with Crippen LogP contribution in [0.25, 0.3) is 0 Å². The van der Waals surface area contributed by atoms with Crippen LogP contribution in [-0.2, 0) is 28.4 Å². The van der Waals surface area contributed by atoms with Crippen molar-refractivity contribution in [3.8, 4) is 0 Å². The highest BCUT2D eigenvalue weighted by molar-refractivity contribution is 7.89. The second kappa shape index (κ2) is 7.31. The number of carbonyl (C=O) groups excluding carboxylic acids is 1. The normalized spacial score (nSPS) is 22.5. The lowest BCUT2D eigenvalue weighted by molar-refractivity contribution is 0.0984. The first-order valence-electron chi connectivity index (χ1n) is 9.40. The third kappa shape index (κ3) is 3.56. The second-order valence-electron chi connectivity index (χ2n) is 7.65. The van der Waals surface area contributed by atoms with Gasteiger partial charge in [-0.3, -0.25) is 4.79 Å². The number of aryl methyl sites for hydroxylation is 1. The van der Waals surface area contributed by atoms with Crippen molar-refractivity contribution in [2.75, 3.05) is 12.8 Å². The van der Waals surface area contributed by atoms with Gasteiger partial charge >= 0.3 is 0 Å². The first-order valence-corrected chi connectivity index (χ1v) is 11.4. The fraction of sp³-hybridized carbons (Fsp3) is 0.350. The van der Waals surface area contributed by atoms with E-state index in [0.29, 0.717) is 12.0 Å². The van der Waals surface area contributed by atoms with Gasteiger partial charge in [-0.15, -0.1) is 0 Å². The van der Waals surface area contributed by atoms with E-state index in [1.54, 1.807) is 12.1 Å². The minimum atomic E-state index is -3.61. The Bertz CT molecular complexity index is 1180. The molecule has 0 saturated carbocycles. The summed E-state index contributed by atoms with van der Waals surface area (Å²) >= 11 is 5.70. The number of hydrogen-bond acceptors (Lipinski definition) is 6. The molecule has 1 aliphatic heterocycles. The number of benzene rings is 1. The summed E-state index contributed by atoms with van der Waals surface area (Å²) in [6.07, 6.45) is 3.24. The molecule has 0 amide bonds. The summed E-state index contributed by atoms with van der Waals surface area (Å²) in [6.45, 7) is 0. The number of halogens is 2. The zero-order chi connectivity index (χ0) is 21.7. The molecule has 0 bridgehead atoms. The summed E-state index contributed by atoms with van der Waals surface area (Å²) in [7, 11) is -2.23. The number of carbonyl (C=O) groups is 1. The minimum absolute atomic E-state index is 0.0528. The predicted octanol–water partition coefficient (Wildman–Crippen LogP) is 2.42. The molecule has 10 heteroatoms. The average molecular weight is 451 g/mol. The molecule has 0 unspecified atom stereocenters. The van der Waals surface area contributed by atoms with Gasteiger partial charge in [0.05, 0.1) is 10.8 Å². The number of fused-ring (bicyclic) bond motifs is 2. The van der Waals surface area contributed by atoms with E-state index in [9.17, 15) is 17.6 Å². The van der Waals surface area contributed by atoms with Crippen LogP contribution >= 0.6 is 11.6 Å². The molecular weight excluding hydrogens is 431 g/mol. The average Bonchev–Trinajstić information content (AvgIpc) is 2.66. The van der Waals surface area contributed by atoms with Crippen LogP contribution in [0.2, 0.25) is 5.02 Å². The Morgan fingerprint density at radius 1 is 1.37 bits per heavy atom. The van der Waals surface area contributed by atoms with E-state index in [2.05, 4.69) is 9.98 Å². The van der Waals surface area contributed by atoms with Crippen LogP contribution in [0.1, 0.15) is 40.0 Å². The van der Waals surface area contributed by atoms with Crippen molar-refractivity contribution in [1.82, 2.24) is 9.29 Å². The molecule has 4 rings (SSSR count). The number of guanidine groups is 1. The van der Waals surface area contributed by atoms with E-state index >= 15 is 0 Å². The number of ketones is 1. The second-order valence-corrected chi connectivity index (χ2v) is 10.1. The lowest BCUT2D eigenvalue weighted by Gasteiger charge is -2.40. The van der Waals surface area contributed by atoms with Crippen LogP contribution in [0.3, 0.4) is 0 Å². The highest BCUT2D eigenvalue weighted by Crippen LogP contribution is 2.42. The van der Waals surface area contributed by atoms with E-state index in [4.69, 9.17) is 17.3 Å². The number of rotatable bonds is 3. The van der Waals surface area contributed by atoms with Crippen molar-refractivity contribution in [2.45, 2.75) is 31.2 Å². The summed E-state index contributed by atoms with van der Waals surface area (Å²) in [5.74, 6) is -1.51. The fourth-order valence-corrected chi connectivity index (χ4v) is 5.74. The van der Waals surface area contributed by atoms with Crippen molar-refractivity contribution in [3.63, 3.8) is 0 Å². The van der Waals surface area contributed by atoms with E-state index in [0.717, 1.165) is 34.3 Å². The van der Waals surface area contributed by atoms with Crippen molar-refractivity contribution in [1.29, 1.82) is 0 Å². The van der Waals surface area contributed by atoms with Crippen LogP contribution in [-0.4, -0.2) is 42.3 Å². The highest BCUT2D eigenvalue weighted by Gasteiger charge is 2.45. The summed E-state index contributed by atoms with van der Waals surface area (Å²) < 4.78 is 40.3. The number of aromatic nitrogens is 1. The molecule has 0 radical (unpaired) electrons. The predicted molar refractivity (Wildman–Crippen MR) is 111 cm³/mol. The molecule has 158 valence electrons. The largest absolute Gasteiger partial charge is 0.369 e. The molecular formula is C20H20ClFN4O3S. The van der Waals surface area contributed by atoms with Gasteiger partial charge in [0.25, 0.3) is 0 Å². The fourth-order valence-electron chi connectivity index (χ4n) is 4.11. The number of nitrogens with two attached hydrogens (primary N) is 1. The van der Waals surface area contributed by atoms with Gasteiger partial charge in [-0.25, -0.2) is 27.1 Å². The number of aliphatic imine (C=N–C) groups is 1. The van der Waals surface area contributed by atoms with E-state index < -0.39 is 27.2 Å². The van der Waals surface area contributed by atoms with Crippen molar-refractivity contribution < 1.29 is 17.6 Å². The summed E-state index contributed by atoms with van der Waals surface area (Å²) in [6, 6.07) is 6.50. The Balaban J connectivity index is 1.72. The molecule has 2 aromatic rings. The smallest absolute Gasteiger partial charge is 0.239 e. The monoisotopic (exact) mass is 450 g/mol. The topological polar surface area (TPSA) is 106 Å². The quantitative estimate of drug-likeness (QED) is 0.723. The number of nitrogens with zero attached hydrogens (tertiary/aromatic N) is 3. The molecule has 1 aromatic carbocycles. The maximum Gasteiger partial charge on any atom is 0.239 e. The molecule has 2 heterocycles. The van der Waals surface area contributed by atoms with Crippen molar-refractivity contribution in [3.05, 3.63) is 63.7 Å². The minimum Gasteiger partial charge on any atom is -0.369 e. The van der Waals surface area contributed by atoms with E-state index in [-0.39, 0.29) is 28.8 Å². The maximum absolute atomic E-state index is 14.1. The van der Waals surface area contributed by atoms with Crippen LogP contribution < -0.4 is 5.73 Å². The van der Waals surface area contributed by atoms with Crippen LogP contribution in [0, 0.1) is 5.82 Å². The van der Waals surface area contributed by atoms with Crippen LogP contribution in [0.5, 0.6) is 0 Å². The van der Waals surface area contributed by atoms with Gasteiger partial charge < -0.3 is 5.73 Å². The Morgan fingerprint density at radius 3 is 2.83 bits per heavy atom. The Labute approximate surface area is 178 Å². The molecule has 1 spiro atoms.